The SMILES string of the molecule is COc1ccc(OC)c(-c2cc(C(=O)N3CCCC(Oc4ccnc(OC)n4)C3)[nH]n2)c1. The van der Waals surface area contributed by atoms with Gasteiger partial charge in [-0.1, -0.05) is 0 Å². The molecule has 1 aliphatic heterocycles. The fourth-order valence-electron chi connectivity index (χ4n) is 3.63. The average molecular weight is 439 g/mol. The number of aromatic nitrogens is 4. The average Bonchev–Trinajstić information content (AvgIpc) is 3.33. The third kappa shape index (κ3) is 4.58. The lowest BCUT2D eigenvalue weighted by Crippen LogP contribution is -2.44. The Labute approximate surface area is 185 Å². The van der Waals surface area contributed by atoms with Crippen LogP contribution in [0.15, 0.2) is 36.5 Å². The van der Waals surface area contributed by atoms with Gasteiger partial charge in [-0.15, -0.1) is 0 Å². The number of piperidine rings is 1. The highest BCUT2D eigenvalue weighted by molar-refractivity contribution is 5.93. The first-order valence-corrected chi connectivity index (χ1v) is 10.2. The van der Waals surface area contributed by atoms with Crippen LogP contribution in [0.5, 0.6) is 23.4 Å². The van der Waals surface area contributed by atoms with Crippen molar-refractivity contribution in [2.24, 2.45) is 0 Å². The molecular weight excluding hydrogens is 414 g/mol. The van der Waals surface area contributed by atoms with Gasteiger partial charge in [0.2, 0.25) is 5.88 Å². The second kappa shape index (κ2) is 9.54. The standard InChI is InChI=1S/C22H25N5O5/c1-29-14-6-7-19(30-2)16(11-14)17-12-18(26-25-17)21(28)27-10-4-5-15(13-27)32-20-8-9-23-22(24-20)31-3/h6-9,11-12,15H,4-5,10,13H2,1-3H3,(H,25,26). The monoisotopic (exact) mass is 439 g/mol. The zero-order valence-electron chi connectivity index (χ0n) is 18.2. The van der Waals surface area contributed by atoms with Gasteiger partial charge in [-0.3, -0.25) is 9.89 Å². The maximum absolute atomic E-state index is 13.1. The maximum atomic E-state index is 13.1. The largest absolute Gasteiger partial charge is 0.497 e. The molecule has 0 aliphatic carbocycles. The van der Waals surface area contributed by atoms with Gasteiger partial charge in [0.1, 0.15) is 23.3 Å². The minimum absolute atomic E-state index is 0.140. The summed E-state index contributed by atoms with van der Waals surface area (Å²) in [4.78, 5) is 23.0. The van der Waals surface area contributed by atoms with E-state index in [9.17, 15) is 4.79 Å². The molecular formula is C22H25N5O5. The number of ether oxygens (including phenoxy) is 4. The second-order valence-electron chi connectivity index (χ2n) is 7.25. The predicted molar refractivity (Wildman–Crippen MR) is 115 cm³/mol. The van der Waals surface area contributed by atoms with Gasteiger partial charge in [-0.25, -0.2) is 4.98 Å². The molecule has 10 heteroatoms. The van der Waals surface area contributed by atoms with Gasteiger partial charge in [-0.2, -0.15) is 10.1 Å². The van der Waals surface area contributed by atoms with Crippen LogP contribution < -0.4 is 18.9 Å². The number of hydrogen-bond donors (Lipinski definition) is 1. The topological polar surface area (TPSA) is 112 Å². The molecule has 1 aliphatic rings. The number of carbonyl (C=O) groups is 1. The molecule has 0 radical (unpaired) electrons. The molecule has 0 saturated carbocycles. The summed E-state index contributed by atoms with van der Waals surface area (Å²) in [5.74, 6) is 1.60. The molecule has 3 aromatic rings. The first kappa shape index (κ1) is 21.4. The summed E-state index contributed by atoms with van der Waals surface area (Å²) in [5.41, 5.74) is 1.73. The van der Waals surface area contributed by atoms with Crippen molar-refractivity contribution in [1.29, 1.82) is 0 Å². The van der Waals surface area contributed by atoms with Gasteiger partial charge < -0.3 is 23.8 Å². The third-order valence-corrected chi connectivity index (χ3v) is 5.23. The van der Waals surface area contributed by atoms with Gasteiger partial charge in [0.25, 0.3) is 5.91 Å². The summed E-state index contributed by atoms with van der Waals surface area (Å²) < 4.78 is 21.7. The highest BCUT2D eigenvalue weighted by atomic mass is 16.5. The minimum Gasteiger partial charge on any atom is -0.497 e. The van der Waals surface area contributed by atoms with E-state index in [1.54, 1.807) is 43.5 Å². The van der Waals surface area contributed by atoms with E-state index in [1.807, 2.05) is 12.1 Å². The number of amides is 1. The number of methoxy groups -OCH3 is 3. The lowest BCUT2D eigenvalue weighted by molar-refractivity contribution is 0.0520. The highest BCUT2D eigenvalue weighted by Crippen LogP contribution is 2.32. The van der Waals surface area contributed by atoms with Gasteiger partial charge in [-0.05, 0) is 37.1 Å². The molecule has 168 valence electrons. The van der Waals surface area contributed by atoms with Crippen molar-refractivity contribution in [2.75, 3.05) is 34.4 Å². The Morgan fingerprint density at radius 2 is 2.00 bits per heavy atom. The molecule has 32 heavy (non-hydrogen) atoms. The zero-order chi connectivity index (χ0) is 22.5. The predicted octanol–water partition coefficient (Wildman–Crippen LogP) is 2.58. The number of rotatable bonds is 7. The van der Waals surface area contributed by atoms with E-state index in [4.69, 9.17) is 18.9 Å². The first-order valence-electron chi connectivity index (χ1n) is 10.2. The van der Waals surface area contributed by atoms with Crippen molar-refractivity contribution in [2.45, 2.75) is 18.9 Å². The fraction of sp³-hybridized carbons (Fsp3) is 0.364. The summed E-state index contributed by atoms with van der Waals surface area (Å²) >= 11 is 0. The van der Waals surface area contributed by atoms with Crippen LogP contribution in [0, 0.1) is 0 Å². The van der Waals surface area contributed by atoms with Gasteiger partial charge in [0.15, 0.2) is 0 Å². The maximum Gasteiger partial charge on any atom is 0.319 e. The number of nitrogens with zero attached hydrogens (tertiary/aromatic N) is 4. The number of nitrogens with one attached hydrogen (secondary N) is 1. The molecule has 1 N–H and O–H groups in total. The molecule has 10 nitrogen and oxygen atoms in total. The van der Waals surface area contributed by atoms with E-state index >= 15 is 0 Å². The van der Waals surface area contributed by atoms with E-state index in [0.29, 0.717) is 41.9 Å². The zero-order valence-corrected chi connectivity index (χ0v) is 18.2. The Kier molecular flexibility index (Phi) is 6.39. The quantitative estimate of drug-likeness (QED) is 0.598. The molecule has 1 aromatic carbocycles. The van der Waals surface area contributed by atoms with Crippen LogP contribution in [-0.4, -0.2) is 71.5 Å². The number of carbonyl (C=O) groups excluding carboxylic acids is 1. The number of hydrogen-bond acceptors (Lipinski definition) is 8. The summed E-state index contributed by atoms with van der Waals surface area (Å²) in [7, 11) is 4.68. The number of likely N-dealkylation sites (tertiary alicyclic amines) is 1. The van der Waals surface area contributed by atoms with E-state index in [2.05, 4.69) is 20.2 Å². The van der Waals surface area contributed by atoms with Crippen LogP contribution >= 0.6 is 0 Å². The van der Waals surface area contributed by atoms with Crippen LogP contribution in [0.1, 0.15) is 23.3 Å². The molecule has 1 amide bonds. The van der Waals surface area contributed by atoms with E-state index in [0.717, 1.165) is 18.4 Å². The molecule has 0 bridgehead atoms. The van der Waals surface area contributed by atoms with Crippen molar-refractivity contribution >= 4 is 5.91 Å². The van der Waals surface area contributed by atoms with Crippen LogP contribution in [-0.2, 0) is 0 Å². The number of benzene rings is 1. The Hall–Kier alpha value is -3.82. The summed E-state index contributed by atoms with van der Waals surface area (Å²) in [6, 6.07) is 9.07. The lowest BCUT2D eigenvalue weighted by Gasteiger charge is -2.32. The highest BCUT2D eigenvalue weighted by Gasteiger charge is 2.27. The van der Waals surface area contributed by atoms with Crippen molar-refractivity contribution in [1.82, 2.24) is 25.1 Å². The summed E-state index contributed by atoms with van der Waals surface area (Å²) in [6.07, 6.45) is 3.05. The Balaban J connectivity index is 1.47. The van der Waals surface area contributed by atoms with Gasteiger partial charge >= 0.3 is 6.01 Å². The summed E-state index contributed by atoms with van der Waals surface area (Å²) in [6.45, 7) is 1.09. The molecule has 1 fully saturated rings. The third-order valence-electron chi connectivity index (χ3n) is 5.23. The minimum atomic E-state index is -0.173. The van der Waals surface area contributed by atoms with E-state index in [1.165, 1.54) is 7.11 Å². The van der Waals surface area contributed by atoms with Crippen molar-refractivity contribution in [3.63, 3.8) is 0 Å². The van der Waals surface area contributed by atoms with Crippen LogP contribution in [0.4, 0.5) is 0 Å². The smallest absolute Gasteiger partial charge is 0.319 e. The van der Waals surface area contributed by atoms with E-state index < -0.39 is 0 Å². The molecule has 3 heterocycles. The Bertz CT molecular complexity index is 1090. The van der Waals surface area contributed by atoms with Gasteiger partial charge in [0.05, 0.1) is 33.6 Å². The van der Waals surface area contributed by atoms with Crippen molar-refractivity contribution < 1.29 is 23.7 Å². The first-order chi connectivity index (χ1) is 15.6. The molecule has 0 spiro atoms. The molecule has 2 aromatic heterocycles. The van der Waals surface area contributed by atoms with E-state index in [-0.39, 0.29) is 18.0 Å². The lowest BCUT2D eigenvalue weighted by atomic mass is 10.1. The van der Waals surface area contributed by atoms with Crippen LogP contribution in [0.3, 0.4) is 0 Å². The van der Waals surface area contributed by atoms with Gasteiger partial charge in [0, 0.05) is 24.4 Å². The molecule has 1 unspecified atom stereocenters. The molecule has 1 atom stereocenters. The normalized spacial score (nSPS) is 15.8. The summed E-state index contributed by atoms with van der Waals surface area (Å²) in [5, 5.41) is 7.18. The van der Waals surface area contributed by atoms with Crippen LogP contribution in [0.2, 0.25) is 0 Å². The molecule has 1 saturated heterocycles. The second-order valence-corrected chi connectivity index (χ2v) is 7.25. The van der Waals surface area contributed by atoms with Crippen molar-refractivity contribution in [3.05, 3.63) is 42.2 Å². The fourth-order valence-corrected chi connectivity index (χ4v) is 3.63. The van der Waals surface area contributed by atoms with Crippen LogP contribution in [0.25, 0.3) is 11.3 Å². The Morgan fingerprint density at radius 3 is 2.78 bits per heavy atom. The molecule has 4 rings (SSSR count). The number of H-pyrrole nitrogens is 1. The van der Waals surface area contributed by atoms with Crippen molar-refractivity contribution in [3.8, 4) is 34.6 Å². The number of aromatic amines is 1. The Morgan fingerprint density at radius 1 is 1.12 bits per heavy atom.